The number of rotatable bonds is 6. The van der Waals surface area contributed by atoms with Gasteiger partial charge < -0.3 is 9.47 Å². The smallest absolute Gasteiger partial charge is 0.244 e. The maximum absolute atomic E-state index is 12.8. The number of aryl methyl sites for hydroxylation is 1. The van der Waals surface area contributed by atoms with E-state index in [-0.39, 0.29) is 10.8 Å². The quantitative estimate of drug-likeness (QED) is 0.859. The molecule has 0 fully saturated rings. The van der Waals surface area contributed by atoms with Crippen LogP contribution in [0.4, 0.5) is 0 Å². The summed E-state index contributed by atoms with van der Waals surface area (Å²) >= 11 is 0. The molecule has 1 aliphatic carbocycles. The van der Waals surface area contributed by atoms with Gasteiger partial charge in [0.15, 0.2) is 0 Å². The molecule has 0 saturated heterocycles. The monoisotopic (exact) mass is 361 g/mol. The number of sulfonamides is 1. The molecule has 2 aromatic carbocycles. The lowest BCUT2D eigenvalue weighted by molar-refractivity contribution is 0.391. The molecule has 0 aromatic heterocycles. The highest BCUT2D eigenvalue weighted by Crippen LogP contribution is 2.32. The van der Waals surface area contributed by atoms with Gasteiger partial charge in [0.05, 0.1) is 14.2 Å². The Morgan fingerprint density at radius 2 is 1.92 bits per heavy atom. The third-order valence-electron chi connectivity index (χ3n) is 4.67. The fourth-order valence-corrected chi connectivity index (χ4v) is 4.61. The summed E-state index contributed by atoms with van der Waals surface area (Å²) in [5.74, 6) is 0.970. The van der Waals surface area contributed by atoms with Gasteiger partial charge in [-0.15, -0.1) is 0 Å². The molecular formula is C19H23NO4S. The average Bonchev–Trinajstić information content (AvgIpc) is 2.65. The Kier molecular flexibility index (Phi) is 5.30. The van der Waals surface area contributed by atoms with E-state index in [2.05, 4.69) is 16.9 Å². The second-order valence-electron chi connectivity index (χ2n) is 6.16. The van der Waals surface area contributed by atoms with Crippen LogP contribution in [0.15, 0.2) is 47.4 Å². The Balaban J connectivity index is 1.82. The van der Waals surface area contributed by atoms with Gasteiger partial charge >= 0.3 is 0 Å². The fraction of sp³-hybridized carbons (Fsp3) is 0.368. The van der Waals surface area contributed by atoms with Crippen molar-refractivity contribution in [1.82, 2.24) is 4.72 Å². The normalized spacial score (nSPS) is 17.0. The molecule has 5 nitrogen and oxygen atoms in total. The van der Waals surface area contributed by atoms with Crippen LogP contribution < -0.4 is 14.2 Å². The lowest BCUT2D eigenvalue weighted by Crippen LogP contribution is -2.30. The molecule has 25 heavy (non-hydrogen) atoms. The third kappa shape index (κ3) is 3.80. The Morgan fingerprint density at radius 1 is 1.12 bits per heavy atom. The zero-order chi connectivity index (χ0) is 17.9. The van der Waals surface area contributed by atoms with E-state index >= 15 is 0 Å². The average molecular weight is 361 g/mol. The third-order valence-corrected chi connectivity index (χ3v) is 6.12. The van der Waals surface area contributed by atoms with Gasteiger partial charge in [-0.05, 0) is 48.4 Å². The van der Waals surface area contributed by atoms with Crippen LogP contribution >= 0.6 is 0 Å². The fourth-order valence-electron chi connectivity index (χ4n) is 3.35. The molecule has 134 valence electrons. The molecule has 0 heterocycles. The summed E-state index contributed by atoms with van der Waals surface area (Å²) in [6.45, 7) is 0.375. The Morgan fingerprint density at radius 3 is 2.68 bits per heavy atom. The van der Waals surface area contributed by atoms with Gasteiger partial charge in [0.25, 0.3) is 0 Å². The minimum atomic E-state index is -3.69. The lowest BCUT2D eigenvalue weighted by atomic mass is 9.83. The van der Waals surface area contributed by atoms with Crippen LogP contribution in [0.2, 0.25) is 0 Å². The van der Waals surface area contributed by atoms with Crippen molar-refractivity contribution in [3.63, 3.8) is 0 Å². The van der Waals surface area contributed by atoms with E-state index in [1.54, 1.807) is 12.1 Å². The summed E-state index contributed by atoms with van der Waals surface area (Å²) in [6.07, 6.45) is 3.11. The second kappa shape index (κ2) is 7.45. The van der Waals surface area contributed by atoms with Crippen LogP contribution in [0.1, 0.15) is 29.9 Å². The number of hydrogen-bond donors (Lipinski definition) is 1. The summed E-state index contributed by atoms with van der Waals surface area (Å²) < 4.78 is 38.7. The summed E-state index contributed by atoms with van der Waals surface area (Å²) in [7, 11) is -0.731. The van der Waals surface area contributed by atoms with E-state index in [1.807, 2.05) is 12.1 Å². The van der Waals surface area contributed by atoms with E-state index in [0.717, 1.165) is 19.3 Å². The molecule has 0 amide bonds. The van der Waals surface area contributed by atoms with E-state index in [4.69, 9.17) is 9.47 Å². The molecular weight excluding hydrogens is 338 g/mol. The first kappa shape index (κ1) is 17.8. The van der Waals surface area contributed by atoms with Crippen LogP contribution in [0.5, 0.6) is 11.5 Å². The molecule has 0 radical (unpaired) electrons. The van der Waals surface area contributed by atoms with Crippen LogP contribution in [0.25, 0.3) is 0 Å². The number of nitrogens with one attached hydrogen (secondary N) is 1. The molecule has 0 spiro atoms. The summed E-state index contributed by atoms with van der Waals surface area (Å²) in [5, 5.41) is 0. The minimum absolute atomic E-state index is 0.0958. The number of hydrogen-bond acceptors (Lipinski definition) is 4. The topological polar surface area (TPSA) is 64.6 Å². The van der Waals surface area contributed by atoms with Crippen LogP contribution in [-0.2, 0) is 16.4 Å². The molecule has 2 aromatic rings. The van der Waals surface area contributed by atoms with Crippen molar-refractivity contribution in [3.8, 4) is 11.5 Å². The molecule has 6 heteroatoms. The highest BCUT2D eigenvalue weighted by Gasteiger charge is 2.25. The van der Waals surface area contributed by atoms with Crippen molar-refractivity contribution in [2.45, 2.75) is 30.1 Å². The van der Waals surface area contributed by atoms with Crippen LogP contribution in [0.3, 0.4) is 0 Å². The van der Waals surface area contributed by atoms with Crippen molar-refractivity contribution in [2.75, 3.05) is 20.8 Å². The number of ether oxygens (including phenoxy) is 2. The number of fused-ring (bicyclic) bond motifs is 1. The van der Waals surface area contributed by atoms with Crippen LogP contribution in [-0.4, -0.2) is 29.2 Å². The lowest BCUT2D eigenvalue weighted by Gasteiger charge is -2.25. The van der Waals surface area contributed by atoms with Gasteiger partial charge in [-0.2, -0.15) is 0 Å². The van der Waals surface area contributed by atoms with E-state index in [0.29, 0.717) is 18.0 Å². The summed E-state index contributed by atoms with van der Waals surface area (Å²) in [5.41, 5.74) is 2.56. The van der Waals surface area contributed by atoms with Crippen molar-refractivity contribution in [1.29, 1.82) is 0 Å². The first-order valence-corrected chi connectivity index (χ1v) is 9.83. The van der Waals surface area contributed by atoms with Crippen LogP contribution in [0, 0.1) is 0 Å². The molecule has 0 bridgehead atoms. The predicted molar refractivity (Wildman–Crippen MR) is 96.9 cm³/mol. The van der Waals surface area contributed by atoms with E-state index < -0.39 is 10.0 Å². The minimum Gasteiger partial charge on any atom is -0.497 e. The predicted octanol–water partition coefficient (Wildman–Crippen LogP) is 3.10. The first-order valence-electron chi connectivity index (χ1n) is 8.34. The molecule has 0 saturated carbocycles. The Bertz CT molecular complexity index is 848. The zero-order valence-electron chi connectivity index (χ0n) is 14.5. The van der Waals surface area contributed by atoms with Crippen molar-refractivity contribution < 1.29 is 17.9 Å². The highest BCUT2D eigenvalue weighted by atomic mass is 32.2. The molecule has 0 aliphatic heterocycles. The van der Waals surface area contributed by atoms with E-state index in [9.17, 15) is 8.42 Å². The molecule has 1 aliphatic rings. The van der Waals surface area contributed by atoms with Gasteiger partial charge in [-0.25, -0.2) is 13.1 Å². The number of methoxy groups -OCH3 is 2. The van der Waals surface area contributed by atoms with Crippen molar-refractivity contribution in [3.05, 3.63) is 53.6 Å². The molecule has 1 atom stereocenters. The maximum atomic E-state index is 12.8. The summed E-state index contributed by atoms with van der Waals surface area (Å²) in [6, 6.07) is 13.0. The van der Waals surface area contributed by atoms with E-state index in [1.165, 1.54) is 31.4 Å². The van der Waals surface area contributed by atoms with Crippen molar-refractivity contribution in [2.24, 2.45) is 0 Å². The second-order valence-corrected chi connectivity index (χ2v) is 7.89. The maximum Gasteiger partial charge on any atom is 0.244 e. The highest BCUT2D eigenvalue weighted by molar-refractivity contribution is 7.89. The standard InChI is InChI=1S/C19H23NO4S/c1-23-16-10-11-18(24-2)19(12-16)25(21,22)20-13-15-8-5-7-14-6-3-4-9-17(14)15/h3-4,6,9-12,15,20H,5,7-8,13H2,1-2H3. The summed E-state index contributed by atoms with van der Waals surface area (Å²) in [4.78, 5) is 0.0958. The van der Waals surface area contributed by atoms with Gasteiger partial charge in [-0.1, -0.05) is 24.3 Å². The zero-order valence-corrected chi connectivity index (χ0v) is 15.3. The molecule has 1 unspecified atom stereocenters. The van der Waals surface area contributed by atoms with Gasteiger partial charge in [0, 0.05) is 12.6 Å². The largest absolute Gasteiger partial charge is 0.497 e. The van der Waals surface area contributed by atoms with Crippen molar-refractivity contribution >= 4 is 10.0 Å². The Labute approximate surface area is 149 Å². The Hall–Kier alpha value is -2.05. The molecule has 1 N–H and O–H groups in total. The van der Waals surface area contributed by atoms with Gasteiger partial charge in [0.1, 0.15) is 16.4 Å². The van der Waals surface area contributed by atoms with Gasteiger partial charge in [-0.3, -0.25) is 0 Å². The first-order chi connectivity index (χ1) is 12.0. The molecule has 3 rings (SSSR count). The number of benzene rings is 2. The van der Waals surface area contributed by atoms with Gasteiger partial charge in [0.2, 0.25) is 10.0 Å². The SMILES string of the molecule is COc1ccc(OC)c(S(=O)(=O)NCC2CCCc3ccccc32)c1.